The molecule has 114 valence electrons. The Balaban J connectivity index is 1.92. The molecule has 0 aliphatic heterocycles. The van der Waals surface area contributed by atoms with E-state index in [1.807, 2.05) is 18.2 Å². The van der Waals surface area contributed by atoms with Gasteiger partial charge in [0.1, 0.15) is 6.04 Å². The first-order chi connectivity index (χ1) is 10.2. The van der Waals surface area contributed by atoms with Crippen molar-refractivity contribution in [1.82, 2.24) is 10.1 Å². The van der Waals surface area contributed by atoms with E-state index in [0.29, 0.717) is 43.0 Å². The number of ether oxygens (including phenoxy) is 2. The minimum atomic E-state index is -0.533. The second kappa shape index (κ2) is 8.09. The maximum atomic E-state index is 6.11. The van der Waals surface area contributed by atoms with E-state index in [9.17, 15) is 0 Å². The topological polar surface area (TPSA) is 83.4 Å². The van der Waals surface area contributed by atoms with Crippen molar-refractivity contribution in [3.8, 4) is 0 Å². The summed E-state index contributed by atoms with van der Waals surface area (Å²) < 4.78 is 15.4. The summed E-state index contributed by atoms with van der Waals surface area (Å²) in [5, 5.41) is 4.47. The second-order valence-electron chi connectivity index (χ2n) is 4.40. The molecule has 7 heteroatoms. The molecule has 0 aliphatic rings. The average Bonchev–Trinajstić information content (AvgIpc) is 2.96. The molecule has 0 fully saturated rings. The van der Waals surface area contributed by atoms with E-state index in [0.717, 1.165) is 5.56 Å². The van der Waals surface area contributed by atoms with Crippen molar-refractivity contribution in [3.05, 3.63) is 46.6 Å². The zero-order valence-corrected chi connectivity index (χ0v) is 12.5. The van der Waals surface area contributed by atoms with Crippen LogP contribution in [-0.4, -0.2) is 37.1 Å². The maximum Gasteiger partial charge on any atom is 0.248 e. The lowest BCUT2D eigenvalue weighted by Crippen LogP contribution is -2.13. The molecule has 1 atom stereocenters. The van der Waals surface area contributed by atoms with Crippen molar-refractivity contribution < 1.29 is 14.0 Å². The van der Waals surface area contributed by atoms with Crippen LogP contribution in [0.5, 0.6) is 0 Å². The molecule has 0 saturated heterocycles. The Hall–Kier alpha value is -1.47. The van der Waals surface area contributed by atoms with E-state index in [2.05, 4.69) is 10.1 Å². The lowest BCUT2D eigenvalue weighted by Gasteiger charge is -2.08. The number of rotatable bonds is 8. The van der Waals surface area contributed by atoms with Gasteiger partial charge in [-0.05, 0) is 11.6 Å². The third-order valence-corrected chi connectivity index (χ3v) is 3.24. The van der Waals surface area contributed by atoms with Crippen LogP contribution in [0, 0.1) is 0 Å². The predicted octanol–water partition coefficient (Wildman–Crippen LogP) is 1.98. The van der Waals surface area contributed by atoms with Gasteiger partial charge in [-0.25, -0.2) is 0 Å². The van der Waals surface area contributed by atoms with Gasteiger partial charge in [-0.2, -0.15) is 4.98 Å². The Morgan fingerprint density at radius 3 is 2.86 bits per heavy atom. The van der Waals surface area contributed by atoms with E-state index in [1.54, 1.807) is 13.2 Å². The zero-order chi connectivity index (χ0) is 15.1. The van der Waals surface area contributed by atoms with Crippen molar-refractivity contribution in [2.24, 2.45) is 5.73 Å². The van der Waals surface area contributed by atoms with E-state index in [-0.39, 0.29) is 0 Å². The van der Waals surface area contributed by atoms with Gasteiger partial charge in [0.05, 0.1) is 19.8 Å². The molecule has 1 aromatic carbocycles. The predicted molar refractivity (Wildman–Crippen MR) is 78.2 cm³/mol. The highest BCUT2D eigenvalue weighted by molar-refractivity contribution is 6.31. The van der Waals surface area contributed by atoms with Gasteiger partial charge in [-0.15, -0.1) is 0 Å². The molecule has 0 bridgehead atoms. The Morgan fingerprint density at radius 2 is 2.10 bits per heavy atom. The molecule has 0 unspecified atom stereocenters. The van der Waals surface area contributed by atoms with Crippen LogP contribution in [0.2, 0.25) is 5.02 Å². The summed E-state index contributed by atoms with van der Waals surface area (Å²) >= 11 is 6.11. The summed E-state index contributed by atoms with van der Waals surface area (Å²) in [5.74, 6) is 0.903. The van der Waals surface area contributed by atoms with Crippen LogP contribution in [-0.2, 0) is 15.9 Å². The molecular formula is C14H18ClN3O3. The third kappa shape index (κ3) is 4.50. The van der Waals surface area contributed by atoms with Crippen LogP contribution in [0.4, 0.5) is 0 Å². The SMILES string of the molecule is COCCOCCc1noc([C@H](N)c2ccccc2Cl)n1. The van der Waals surface area contributed by atoms with Gasteiger partial charge in [0.25, 0.3) is 0 Å². The minimum absolute atomic E-state index is 0.343. The summed E-state index contributed by atoms with van der Waals surface area (Å²) in [5.41, 5.74) is 6.85. The fourth-order valence-corrected chi connectivity index (χ4v) is 2.02. The van der Waals surface area contributed by atoms with Crippen LogP contribution in [0.1, 0.15) is 23.3 Å². The van der Waals surface area contributed by atoms with Crippen molar-refractivity contribution in [2.45, 2.75) is 12.5 Å². The van der Waals surface area contributed by atoms with Crippen LogP contribution in [0.3, 0.4) is 0 Å². The number of benzene rings is 1. The molecule has 0 saturated carbocycles. The van der Waals surface area contributed by atoms with Crippen LogP contribution in [0.25, 0.3) is 0 Å². The smallest absolute Gasteiger partial charge is 0.248 e. The third-order valence-electron chi connectivity index (χ3n) is 2.89. The normalized spacial score (nSPS) is 12.5. The molecule has 1 aromatic heterocycles. The second-order valence-corrected chi connectivity index (χ2v) is 4.81. The highest BCUT2D eigenvalue weighted by Gasteiger charge is 2.18. The number of nitrogens with zero attached hydrogens (tertiary/aromatic N) is 2. The Bertz CT molecular complexity index is 562. The molecule has 6 nitrogen and oxygen atoms in total. The molecule has 2 N–H and O–H groups in total. The minimum Gasteiger partial charge on any atom is -0.382 e. The van der Waals surface area contributed by atoms with Crippen LogP contribution >= 0.6 is 11.6 Å². The van der Waals surface area contributed by atoms with E-state index in [1.165, 1.54) is 0 Å². The average molecular weight is 312 g/mol. The first-order valence-electron chi connectivity index (χ1n) is 6.61. The van der Waals surface area contributed by atoms with Crippen molar-refractivity contribution >= 4 is 11.6 Å². The van der Waals surface area contributed by atoms with Gasteiger partial charge in [0.15, 0.2) is 5.82 Å². The van der Waals surface area contributed by atoms with Gasteiger partial charge >= 0.3 is 0 Å². The van der Waals surface area contributed by atoms with Gasteiger partial charge in [-0.1, -0.05) is 35.0 Å². The first kappa shape index (κ1) is 15.9. The number of aromatic nitrogens is 2. The Kier molecular flexibility index (Phi) is 6.13. The molecular weight excluding hydrogens is 294 g/mol. The number of halogens is 1. The molecule has 0 amide bonds. The van der Waals surface area contributed by atoms with Gasteiger partial charge in [0, 0.05) is 18.6 Å². The van der Waals surface area contributed by atoms with Gasteiger partial charge in [0.2, 0.25) is 5.89 Å². The molecule has 0 radical (unpaired) electrons. The van der Waals surface area contributed by atoms with Crippen LogP contribution in [0.15, 0.2) is 28.8 Å². The van der Waals surface area contributed by atoms with Crippen molar-refractivity contribution in [1.29, 1.82) is 0 Å². The van der Waals surface area contributed by atoms with Crippen molar-refractivity contribution in [3.63, 3.8) is 0 Å². The number of hydrogen-bond acceptors (Lipinski definition) is 6. The van der Waals surface area contributed by atoms with E-state index in [4.69, 9.17) is 31.3 Å². The first-order valence-corrected chi connectivity index (χ1v) is 6.99. The molecule has 21 heavy (non-hydrogen) atoms. The number of nitrogens with two attached hydrogens (primary N) is 1. The zero-order valence-electron chi connectivity index (χ0n) is 11.8. The molecule has 1 heterocycles. The maximum absolute atomic E-state index is 6.11. The highest BCUT2D eigenvalue weighted by atomic mass is 35.5. The van der Waals surface area contributed by atoms with Crippen molar-refractivity contribution in [2.75, 3.05) is 26.9 Å². The summed E-state index contributed by atoms with van der Waals surface area (Å²) in [7, 11) is 1.63. The van der Waals surface area contributed by atoms with Gasteiger partial charge < -0.3 is 19.7 Å². The molecule has 2 rings (SSSR count). The summed E-state index contributed by atoms with van der Waals surface area (Å²) in [6, 6.07) is 6.79. The molecule has 0 aliphatic carbocycles. The summed E-state index contributed by atoms with van der Waals surface area (Å²) in [6.07, 6.45) is 0.558. The standard InChI is InChI=1S/C14H18ClN3O3/c1-19-8-9-20-7-6-12-17-14(21-18-12)13(16)10-4-2-3-5-11(10)15/h2-5,13H,6-9,16H2,1H3/t13-/m1/s1. The Labute approximate surface area is 128 Å². The molecule has 2 aromatic rings. The molecule has 0 spiro atoms. The fraction of sp³-hybridized carbons (Fsp3) is 0.429. The lowest BCUT2D eigenvalue weighted by molar-refractivity contribution is 0.0714. The van der Waals surface area contributed by atoms with Crippen LogP contribution < -0.4 is 5.73 Å². The number of hydrogen-bond donors (Lipinski definition) is 1. The highest BCUT2D eigenvalue weighted by Crippen LogP contribution is 2.25. The van der Waals surface area contributed by atoms with E-state index >= 15 is 0 Å². The van der Waals surface area contributed by atoms with E-state index < -0.39 is 6.04 Å². The Morgan fingerprint density at radius 1 is 1.29 bits per heavy atom. The number of methoxy groups -OCH3 is 1. The quantitative estimate of drug-likeness (QED) is 0.750. The van der Waals surface area contributed by atoms with Gasteiger partial charge in [-0.3, -0.25) is 0 Å². The lowest BCUT2D eigenvalue weighted by atomic mass is 10.1. The summed E-state index contributed by atoms with van der Waals surface area (Å²) in [4.78, 5) is 4.27. The monoisotopic (exact) mass is 311 g/mol. The summed E-state index contributed by atoms with van der Waals surface area (Å²) in [6.45, 7) is 1.61. The fourth-order valence-electron chi connectivity index (χ4n) is 1.76. The largest absolute Gasteiger partial charge is 0.382 e.